The zero-order chi connectivity index (χ0) is 9.47. The van der Waals surface area contributed by atoms with Crippen LogP contribution in [0.5, 0.6) is 0 Å². The number of ketones is 1. The van der Waals surface area contributed by atoms with Gasteiger partial charge in [0.1, 0.15) is 5.82 Å². The van der Waals surface area contributed by atoms with Crippen LogP contribution in [0.3, 0.4) is 0 Å². The maximum Gasteiger partial charge on any atom is 0.171 e. The van der Waals surface area contributed by atoms with E-state index < -0.39 is 5.82 Å². The van der Waals surface area contributed by atoms with E-state index in [0.29, 0.717) is 0 Å². The number of halogens is 1. The third kappa shape index (κ3) is 1.37. The number of carbonyl (C=O) groups is 1. The van der Waals surface area contributed by atoms with E-state index in [0.717, 1.165) is 12.8 Å². The first-order valence-electron chi connectivity index (χ1n) is 4.43. The Morgan fingerprint density at radius 3 is 2.54 bits per heavy atom. The molecule has 1 aromatic rings. The predicted octanol–water partition coefficient (Wildman–Crippen LogP) is 2.81. The van der Waals surface area contributed by atoms with Crippen molar-refractivity contribution >= 4 is 5.78 Å². The molecule has 0 amide bonds. The number of rotatable bonds is 2. The van der Waals surface area contributed by atoms with Crippen molar-refractivity contribution in [2.24, 2.45) is 5.41 Å². The largest absolute Gasteiger partial charge is 0.293 e. The van der Waals surface area contributed by atoms with Crippen LogP contribution in [0.1, 0.15) is 30.1 Å². The lowest BCUT2D eigenvalue weighted by molar-refractivity contribution is 0.0908. The third-order valence-corrected chi connectivity index (χ3v) is 2.67. The van der Waals surface area contributed by atoms with Gasteiger partial charge in [-0.3, -0.25) is 4.79 Å². The molecular formula is C11H11FO. The molecule has 0 unspecified atom stereocenters. The minimum absolute atomic E-state index is 0.0504. The molecule has 0 bridgehead atoms. The summed E-state index contributed by atoms with van der Waals surface area (Å²) < 4.78 is 13.2. The van der Waals surface area contributed by atoms with Crippen LogP contribution in [0.2, 0.25) is 0 Å². The molecule has 1 aromatic carbocycles. The van der Waals surface area contributed by atoms with Gasteiger partial charge in [0.2, 0.25) is 0 Å². The Hall–Kier alpha value is -1.18. The minimum atomic E-state index is -0.402. The number of Topliss-reactive ketones (excluding diaryl/α,β-unsaturated/α-hetero) is 1. The van der Waals surface area contributed by atoms with Crippen molar-refractivity contribution in [3.05, 3.63) is 35.6 Å². The molecule has 0 aromatic heterocycles. The maximum absolute atomic E-state index is 13.2. The molecule has 68 valence electrons. The van der Waals surface area contributed by atoms with Crippen molar-refractivity contribution in [2.45, 2.75) is 19.8 Å². The van der Waals surface area contributed by atoms with Crippen molar-refractivity contribution < 1.29 is 9.18 Å². The normalized spacial score (nSPS) is 18.3. The Kier molecular flexibility index (Phi) is 1.72. The number of hydrogen-bond donors (Lipinski definition) is 0. The molecule has 2 rings (SSSR count). The van der Waals surface area contributed by atoms with Crippen molar-refractivity contribution in [1.29, 1.82) is 0 Å². The zero-order valence-electron chi connectivity index (χ0n) is 7.51. The summed E-state index contributed by atoms with van der Waals surface area (Å²) in [5, 5.41) is 0. The summed E-state index contributed by atoms with van der Waals surface area (Å²) in [4.78, 5) is 11.7. The molecule has 0 saturated heterocycles. The van der Waals surface area contributed by atoms with Crippen molar-refractivity contribution in [2.75, 3.05) is 0 Å². The molecule has 0 spiro atoms. The highest BCUT2D eigenvalue weighted by Gasteiger charge is 2.45. The topological polar surface area (TPSA) is 17.1 Å². The van der Waals surface area contributed by atoms with Gasteiger partial charge in [-0.15, -0.1) is 0 Å². The molecule has 2 heteroatoms. The smallest absolute Gasteiger partial charge is 0.171 e. The summed E-state index contributed by atoms with van der Waals surface area (Å²) in [7, 11) is 0. The molecule has 0 N–H and O–H groups in total. The lowest BCUT2D eigenvalue weighted by Gasteiger charge is -2.07. The highest BCUT2D eigenvalue weighted by Crippen LogP contribution is 2.47. The van der Waals surface area contributed by atoms with Crippen LogP contribution in [0.4, 0.5) is 4.39 Å². The van der Waals surface area contributed by atoms with E-state index in [-0.39, 0.29) is 16.8 Å². The van der Waals surface area contributed by atoms with Gasteiger partial charge >= 0.3 is 0 Å². The van der Waals surface area contributed by atoms with Crippen LogP contribution in [0, 0.1) is 11.2 Å². The minimum Gasteiger partial charge on any atom is -0.293 e. The fourth-order valence-corrected chi connectivity index (χ4v) is 1.39. The summed E-state index contributed by atoms with van der Waals surface area (Å²) in [6.07, 6.45) is 1.78. The molecule has 1 aliphatic rings. The molecule has 1 aliphatic carbocycles. The van der Waals surface area contributed by atoms with Crippen LogP contribution in [0.25, 0.3) is 0 Å². The Morgan fingerprint density at radius 2 is 2.00 bits per heavy atom. The van der Waals surface area contributed by atoms with Crippen molar-refractivity contribution in [3.63, 3.8) is 0 Å². The monoisotopic (exact) mass is 178 g/mol. The van der Waals surface area contributed by atoms with Crippen molar-refractivity contribution in [3.8, 4) is 0 Å². The van der Waals surface area contributed by atoms with Gasteiger partial charge in [-0.25, -0.2) is 4.39 Å². The van der Waals surface area contributed by atoms with Gasteiger partial charge in [0.15, 0.2) is 5.78 Å². The van der Waals surface area contributed by atoms with E-state index in [4.69, 9.17) is 0 Å². The van der Waals surface area contributed by atoms with E-state index in [1.165, 1.54) is 6.07 Å². The van der Waals surface area contributed by atoms with Gasteiger partial charge < -0.3 is 0 Å². The van der Waals surface area contributed by atoms with Gasteiger partial charge in [0.05, 0.1) is 5.56 Å². The Morgan fingerprint density at radius 1 is 1.38 bits per heavy atom. The highest BCUT2D eigenvalue weighted by molar-refractivity contribution is 6.02. The molecule has 1 saturated carbocycles. The predicted molar refractivity (Wildman–Crippen MR) is 48.1 cm³/mol. The summed E-state index contributed by atoms with van der Waals surface area (Å²) >= 11 is 0. The van der Waals surface area contributed by atoms with Gasteiger partial charge in [-0.1, -0.05) is 19.1 Å². The van der Waals surface area contributed by atoms with Gasteiger partial charge in [-0.05, 0) is 25.0 Å². The fraction of sp³-hybridized carbons (Fsp3) is 0.364. The van der Waals surface area contributed by atoms with Gasteiger partial charge in [-0.2, -0.15) is 0 Å². The first-order chi connectivity index (χ1) is 6.13. The van der Waals surface area contributed by atoms with Crippen LogP contribution >= 0.6 is 0 Å². The fourth-order valence-electron chi connectivity index (χ4n) is 1.39. The second-order valence-corrected chi connectivity index (χ2v) is 3.87. The Bertz CT molecular complexity index is 353. The molecule has 1 fully saturated rings. The Labute approximate surface area is 76.6 Å². The molecule has 0 aliphatic heterocycles. The quantitative estimate of drug-likeness (QED) is 0.636. The second-order valence-electron chi connectivity index (χ2n) is 3.87. The number of carbonyl (C=O) groups excluding carboxylic acids is 1. The molecular weight excluding hydrogens is 167 g/mol. The second kappa shape index (κ2) is 2.66. The highest BCUT2D eigenvalue weighted by atomic mass is 19.1. The first kappa shape index (κ1) is 8.42. The summed E-state index contributed by atoms with van der Waals surface area (Å²) in [6.45, 7) is 1.89. The van der Waals surface area contributed by atoms with E-state index in [9.17, 15) is 9.18 Å². The van der Waals surface area contributed by atoms with E-state index in [1.54, 1.807) is 18.2 Å². The molecule has 1 nitrogen and oxygen atoms in total. The standard InChI is InChI=1S/C11H11FO/c1-11(6-7-11)10(13)8-4-2-3-5-9(8)12/h2-5H,6-7H2,1H3. The van der Waals surface area contributed by atoms with Crippen LogP contribution in [0.15, 0.2) is 24.3 Å². The summed E-state index contributed by atoms with van der Waals surface area (Å²) in [5.74, 6) is -0.453. The Balaban J connectivity index is 2.36. The van der Waals surface area contributed by atoms with E-state index in [1.807, 2.05) is 6.92 Å². The average Bonchev–Trinajstić information content (AvgIpc) is 2.85. The zero-order valence-corrected chi connectivity index (χ0v) is 7.51. The molecule has 0 atom stereocenters. The van der Waals surface area contributed by atoms with Gasteiger partial charge in [0.25, 0.3) is 0 Å². The number of hydrogen-bond acceptors (Lipinski definition) is 1. The lowest BCUT2D eigenvalue weighted by atomic mass is 9.96. The maximum atomic E-state index is 13.2. The van der Waals surface area contributed by atoms with E-state index >= 15 is 0 Å². The van der Waals surface area contributed by atoms with E-state index in [2.05, 4.69) is 0 Å². The van der Waals surface area contributed by atoms with Crippen LogP contribution in [-0.2, 0) is 0 Å². The lowest BCUT2D eigenvalue weighted by Crippen LogP contribution is -2.13. The SMILES string of the molecule is CC1(C(=O)c2ccccc2F)CC1. The summed E-state index contributed by atoms with van der Waals surface area (Å²) in [5.41, 5.74) is -0.0372. The van der Waals surface area contributed by atoms with Gasteiger partial charge in [0, 0.05) is 5.41 Å². The first-order valence-corrected chi connectivity index (χ1v) is 4.43. The molecule has 0 heterocycles. The summed E-state index contributed by atoms with van der Waals surface area (Å²) in [6, 6.07) is 6.18. The average molecular weight is 178 g/mol. The van der Waals surface area contributed by atoms with Crippen LogP contribution < -0.4 is 0 Å². The van der Waals surface area contributed by atoms with Crippen molar-refractivity contribution in [1.82, 2.24) is 0 Å². The number of benzene rings is 1. The molecule has 13 heavy (non-hydrogen) atoms. The molecule has 0 radical (unpaired) electrons. The third-order valence-electron chi connectivity index (χ3n) is 2.67. The van der Waals surface area contributed by atoms with Crippen LogP contribution in [-0.4, -0.2) is 5.78 Å².